The van der Waals surface area contributed by atoms with Crippen molar-refractivity contribution in [2.75, 3.05) is 52.2 Å². The average Bonchev–Trinajstić information content (AvgIpc) is 3.35. The molecule has 2 amide bonds. The fourth-order valence-electron chi connectivity index (χ4n) is 4.61. The lowest BCUT2D eigenvalue weighted by Gasteiger charge is -2.38. The summed E-state index contributed by atoms with van der Waals surface area (Å²) in [7, 11) is 1.60. The number of nitrogens with zero attached hydrogens (tertiary/aromatic N) is 3. The molecule has 11 nitrogen and oxygen atoms in total. The number of nitro groups is 1. The number of benzene rings is 1. The number of carbonyl (C=O) groups is 2. The summed E-state index contributed by atoms with van der Waals surface area (Å²) in [5.41, 5.74) is 5.43. The standard InChI is InChI=1S/C23H35N5O6/c1-3-34-20-14-17(24)19(28(31)32)13-16(20)23(30)25-18-8-12-26(15-21(18)33-2)9-6-7-22(29)27-10-4-5-11-27/h13-14,18,21H,3-12,15,24H2,1-2H3,(H,25,30)/t18-,21+/m1/s1. The Balaban J connectivity index is 1.57. The summed E-state index contributed by atoms with van der Waals surface area (Å²) in [6, 6.07) is 2.21. The van der Waals surface area contributed by atoms with Crippen LogP contribution >= 0.6 is 0 Å². The number of piperidine rings is 1. The topological polar surface area (TPSA) is 140 Å². The van der Waals surface area contributed by atoms with E-state index in [-0.39, 0.29) is 47.3 Å². The number of methoxy groups -OCH3 is 1. The molecule has 0 bridgehead atoms. The van der Waals surface area contributed by atoms with E-state index in [2.05, 4.69) is 10.2 Å². The molecule has 1 aromatic rings. The molecular formula is C23H35N5O6. The summed E-state index contributed by atoms with van der Waals surface area (Å²) < 4.78 is 11.1. The first-order valence-electron chi connectivity index (χ1n) is 11.9. The van der Waals surface area contributed by atoms with Gasteiger partial charge in [0.25, 0.3) is 11.6 Å². The molecule has 2 fully saturated rings. The first-order chi connectivity index (χ1) is 16.3. The maximum Gasteiger partial charge on any atom is 0.293 e. The van der Waals surface area contributed by atoms with Crippen LogP contribution in [0.2, 0.25) is 0 Å². The Kier molecular flexibility index (Phi) is 9.05. The molecule has 188 valence electrons. The van der Waals surface area contributed by atoms with Gasteiger partial charge in [-0.05, 0) is 39.2 Å². The van der Waals surface area contributed by atoms with Crippen molar-refractivity contribution in [2.24, 2.45) is 0 Å². The van der Waals surface area contributed by atoms with Crippen LogP contribution in [-0.4, -0.2) is 85.1 Å². The number of nitrogens with one attached hydrogen (secondary N) is 1. The molecule has 34 heavy (non-hydrogen) atoms. The maximum absolute atomic E-state index is 13.0. The largest absolute Gasteiger partial charge is 0.493 e. The lowest BCUT2D eigenvalue weighted by atomic mass is 10.00. The van der Waals surface area contributed by atoms with E-state index in [4.69, 9.17) is 15.2 Å². The van der Waals surface area contributed by atoms with E-state index in [1.54, 1.807) is 14.0 Å². The highest BCUT2D eigenvalue weighted by molar-refractivity contribution is 5.98. The van der Waals surface area contributed by atoms with Gasteiger partial charge in [-0.1, -0.05) is 0 Å². The molecule has 1 aromatic carbocycles. The first-order valence-corrected chi connectivity index (χ1v) is 11.9. The van der Waals surface area contributed by atoms with E-state index in [9.17, 15) is 19.7 Å². The van der Waals surface area contributed by atoms with Gasteiger partial charge in [-0.15, -0.1) is 0 Å². The van der Waals surface area contributed by atoms with E-state index < -0.39 is 10.8 Å². The molecule has 0 aliphatic carbocycles. The van der Waals surface area contributed by atoms with Crippen LogP contribution in [-0.2, 0) is 9.53 Å². The Morgan fingerprint density at radius 1 is 1.26 bits per heavy atom. The van der Waals surface area contributed by atoms with E-state index in [1.807, 2.05) is 4.90 Å². The summed E-state index contributed by atoms with van der Waals surface area (Å²) in [5.74, 6) is -0.0360. The predicted octanol–water partition coefficient (Wildman–Crippen LogP) is 1.80. The van der Waals surface area contributed by atoms with Crippen molar-refractivity contribution >= 4 is 23.2 Å². The molecule has 0 unspecified atom stereocenters. The van der Waals surface area contributed by atoms with Crippen molar-refractivity contribution < 1.29 is 24.0 Å². The Morgan fingerprint density at radius 3 is 2.65 bits per heavy atom. The number of carbonyl (C=O) groups excluding carboxylic acids is 2. The van der Waals surface area contributed by atoms with Gasteiger partial charge in [0.1, 0.15) is 11.4 Å². The van der Waals surface area contributed by atoms with Crippen molar-refractivity contribution in [3.05, 3.63) is 27.8 Å². The molecule has 2 aliphatic heterocycles. The second kappa shape index (κ2) is 12.0. The second-order valence-corrected chi connectivity index (χ2v) is 8.73. The second-order valence-electron chi connectivity index (χ2n) is 8.73. The van der Waals surface area contributed by atoms with Gasteiger partial charge in [-0.3, -0.25) is 19.7 Å². The van der Waals surface area contributed by atoms with E-state index in [1.165, 1.54) is 6.07 Å². The third-order valence-corrected chi connectivity index (χ3v) is 6.46. The molecule has 2 heterocycles. The molecule has 11 heteroatoms. The SMILES string of the molecule is CCOc1cc(N)c([N+](=O)[O-])cc1C(=O)N[C@@H]1CCN(CCCC(=O)N2CCCC2)C[C@@H]1OC. The fourth-order valence-corrected chi connectivity index (χ4v) is 4.61. The summed E-state index contributed by atoms with van der Waals surface area (Å²) in [4.78, 5) is 40.2. The number of rotatable bonds is 10. The number of anilines is 1. The molecule has 0 spiro atoms. The van der Waals surface area contributed by atoms with Crippen molar-refractivity contribution in [3.8, 4) is 5.75 Å². The first kappa shape index (κ1) is 25.7. The summed E-state index contributed by atoms with van der Waals surface area (Å²) in [6.45, 7) is 5.96. The van der Waals surface area contributed by atoms with Gasteiger partial charge in [0, 0.05) is 51.8 Å². The number of nitrogen functional groups attached to an aromatic ring is 1. The summed E-state index contributed by atoms with van der Waals surface area (Å²) in [5, 5.41) is 14.3. The van der Waals surface area contributed by atoms with Gasteiger partial charge in [-0.2, -0.15) is 0 Å². The zero-order valence-corrected chi connectivity index (χ0v) is 20.0. The monoisotopic (exact) mass is 477 g/mol. The van der Waals surface area contributed by atoms with Crippen molar-refractivity contribution in [2.45, 2.75) is 51.2 Å². The van der Waals surface area contributed by atoms with Gasteiger partial charge in [0.15, 0.2) is 0 Å². The maximum atomic E-state index is 13.0. The number of amides is 2. The molecule has 2 atom stereocenters. The normalized spacial score (nSPS) is 20.8. The summed E-state index contributed by atoms with van der Waals surface area (Å²) >= 11 is 0. The van der Waals surface area contributed by atoms with Crippen LogP contribution in [0.3, 0.4) is 0 Å². The van der Waals surface area contributed by atoms with Crippen LogP contribution in [0.5, 0.6) is 5.75 Å². The average molecular weight is 478 g/mol. The van der Waals surface area contributed by atoms with Crippen molar-refractivity contribution in [3.63, 3.8) is 0 Å². The van der Waals surface area contributed by atoms with Crippen LogP contribution in [0.15, 0.2) is 12.1 Å². The highest BCUT2D eigenvalue weighted by Crippen LogP contribution is 2.31. The zero-order valence-electron chi connectivity index (χ0n) is 20.0. The molecular weight excluding hydrogens is 442 g/mol. The number of ether oxygens (including phenoxy) is 2. The third kappa shape index (κ3) is 6.35. The van der Waals surface area contributed by atoms with Crippen LogP contribution in [0.25, 0.3) is 0 Å². The Bertz CT molecular complexity index is 889. The smallest absolute Gasteiger partial charge is 0.293 e. The minimum atomic E-state index is -0.618. The highest BCUT2D eigenvalue weighted by atomic mass is 16.6. The van der Waals surface area contributed by atoms with E-state index >= 15 is 0 Å². The van der Waals surface area contributed by atoms with Crippen LogP contribution in [0.1, 0.15) is 49.4 Å². The van der Waals surface area contributed by atoms with Gasteiger partial charge in [0.05, 0.1) is 29.2 Å². The lowest BCUT2D eigenvalue weighted by molar-refractivity contribution is -0.383. The van der Waals surface area contributed by atoms with Gasteiger partial charge in [0.2, 0.25) is 5.91 Å². The molecule has 3 N–H and O–H groups in total. The number of likely N-dealkylation sites (tertiary alicyclic amines) is 2. The zero-order chi connectivity index (χ0) is 24.7. The molecule has 3 rings (SSSR count). The molecule has 0 aromatic heterocycles. The van der Waals surface area contributed by atoms with E-state index in [0.29, 0.717) is 19.4 Å². The lowest BCUT2D eigenvalue weighted by Crippen LogP contribution is -2.55. The van der Waals surface area contributed by atoms with Crippen LogP contribution in [0.4, 0.5) is 11.4 Å². The van der Waals surface area contributed by atoms with Crippen LogP contribution in [0, 0.1) is 10.1 Å². The van der Waals surface area contributed by atoms with Gasteiger partial charge < -0.3 is 30.3 Å². The minimum Gasteiger partial charge on any atom is -0.493 e. The Hall–Kier alpha value is -2.92. The number of hydrogen-bond donors (Lipinski definition) is 2. The van der Waals surface area contributed by atoms with Crippen molar-refractivity contribution in [1.29, 1.82) is 0 Å². The third-order valence-electron chi connectivity index (χ3n) is 6.46. The molecule has 0 saturated carbocycles. The van der Waals surface area contributed by atoms with Crippen LogP contribution < -0.4 is 15.8 Å². The quantitative estimate of drug-likeness (QED) is 0.295. The Labute approximate surface area is 199 Å². The molecule has 2 aliphatic rings. The fraction of sp³-hybridized carbons (Fsp3) is 0.652. The predicted molar refractivity (Wildman–Crippen MR) is 127 cm³/mol. The van der Waals surface area contributed by atoms with E-state index in [0.717, 1.165) is 51.5 Å². The highest BCUT2D eigenvalue weighted by Gasteiger charge is 2.32. The number of nitro benzene ring substituents is 1. The number of nitrogens with two attached hydrogens (primary N) is 1. The molecule has 2 saturated heterocycles. The van der Waals surface area contributed by atoms with Gasteiger partial charge >= 0.3 is 0 Å². The number of hydrogen-bond acceptors (Lipinski definition) is 8. The van der Waals surface area contributed by atoms with Gasteiger partial charge in [-0.25, -0.2) is 0 Å². The molecule has 0 radical (unpaired) electrons. The Morgan fingerprint density at radius 2 is 2.00 bits per heavy atom. The summed E-state index contributed by atoms with van der Waals surface area (Å²) in [6.07, 6.45) is 3.93. The van der Waals surface area contributed by atoms with Crippen molar-refractivity contribution in [1.82, 2.24) is 15.1 Å². The minimum absolute atomic E-state index is 0.0590.